The molecule has 1 aromatic rings. The molecule has 0 bridgehead atoms. The van der Waals surface area contributed by atoms with Crippen LogP contribution in [-0.4, -0.2) is 18.3 Å². The van der Waals surface area contributed by atoms with Crippen molar-refractivity contribution in [3.63, 3.8) is 0 Å². The molecule has 1 aliphatic heterocycles. The Morgan fingerprint density at radius 3 is 2.82 bits per heavy atom. The van der Waals surface area contributed by atoms with Crippen molar-refractivity contribution in [1.82, 2.24) is 0 Å². The van der Waals surface area contributed by atoms with Gasteiger partial charge in [0.25, 0.3) is 0 Å². The van der Waals surface area contributed by atoms with Crippen molar-refractivity contribution in [2.24, 2.45) is 0 Å². The normalized spacial score (nSPS) is 22.7. The monoisotopic (exact) mass is 298 g/mol. The molecule has 94 valence electrons. The van der Waals surface area contributed by atoms with E-state index in [2.05, 4.69) is 36.7 Å². The van der Waals surface area contributed by atoms with Crippen LogP contribution in [-0.2, 0) is 4.74 Å². The lowest BCUT2D eigenvalue weighted by Crippen LogP contribution is -2.23. The first-order chi connectivity index (χ1) is 7.96. The van der Waals surface area contributed by atoms with E-state index in [9.17, 15) is 0 Å². The molecule has 1 aliphatic rings. The zero-order valence-corrected chi connectivity index (χ0v) is 12.2. The zero-order valence-electron chi connectivity index (χ0n) is 10.6. The van der Waals surface area contributed by atoms with Crippen molar-refractivity contribution >= 4 is 15.9 Å². The van der Waals surface area contributed by atoms with Crippen molar-refractivity contribution < 1.29 is 9.47 Å². The largest absolute Gasteiger partial charge is 0.491 e. The molecule has 1 aromatic carbocycles. The van der Waals surface area contributed by atoms with Crippen LogP contribution < -0.4 is 4.74 Å². The Labute approximate surface area is 111 Å². The molecular formula is C14H19BrO2. The fourth-order valence-electron chi connectivity index (χ4n) is 2.09. The Hall–Kier alpha value is -0.540. The fourth-order valence-corrected chi connectivity index (χ4v) is 2.34. The maximum atomic E-state index is 5.89. The summed E-state index contributed by atoms with van der Waals surface area (Å²) < 4.78 is 12.8. The van der Waals surface area contributed by atoms with Crippen LogP contribution >= 0.6 is 15.9 Å². The van der Waals surface area contributed by atoms with Crippen LogP contribution in [0.4, 0.5) is 0 Å². The highest BCUT2D eigenvalue weighted by molar-refractivity contribution is 9.10. The van der Waals surface area contributed by atoms with Gasteiger partial charge >= 0.3 is 0 Å². The van der Waals surface area contributed by atoms with E-state index in [0.717, 1.165) is 23.1 Å². The first kappa shape index (κ1) is 12.9. The first-order valence-electron chi connectivity index (χ1n) is 6.03. The van der Waals surface area contributed by atoms with Crippen molar-refractivity contribution in [1.29, 1.82) is 0 Å². The Balaban J connectivity index is 1.88. The van der Waals surface area contributed by atoms with E-state index in [1.165, 1.54) is 5.56 Å². The Morgan fingerprint density at radius 1 is 1.47 bits per heavy atom. The van der Waals surface area contributed by atoms with Gasteiger partial charge in [-0.25, -0.2) is 0 Å². The number of hydrogen-bond acceptors (Lipinski definition) is 2. The van der Waals surface area contributed by atoms with E-state index >= 15 is 0 Å². The summed E-state index contributed by atoms with van der Waals surface area (Å²) in [4.78, 5) is 0. The summed E-state index contributed by atoms with van der Waals surface area (Å²) in [5, 5.41) is 0. The summed E-state index contributed by atoms with van der Waals surface area (Å²) >= 11 is 3.48. The molecule has 0 radical (unpaired) electrons. The quantitative estimate of drug-likeness (QED) is 0.837. The number of aryl methyl sites for hydroxylation is 1. The van der Waals surface area contributed by atoms with Crippen LogP contribution in [0, 0.1) is 6.92 Å². The van der Waals surface area contributed by atoms with Crippen LogP contribution in [0.5, 0.6) is 5.75 Å². The predicted octanol–water partition coefficient (Wildman–Crippen LogP) is 4.09. The third-order valence-corrected chi connectivity index (χ3v) is 4.01. The van der Waals surface area contributed by atoms with Crippen molar-refractivity contribution in [2.75, 3.05) is 6.61 Å². The number of ether oxygens (including phenoxy) is 2. The van der Waals surface area contributed by atoms with E-state index in [0.29, 0.717) is 6.61 Å². The van der Waals surface area contributed by atoms with E-state index in [1.807, 2.05) is 18.2 Å². The molecule has 1 fully saturated rings. The lowest BCUT2D eigenvalue weighted by atomic mass is 10.1. The highest BCUT2D eigenvalue weighted by atomic mass is 79.9. The van der Waals surface area contributed by atoms with E-state index in [-0.39, 0.29) is 11.7 Å². The molecular weight excluding hydrogens is 280 g/mol. The third kappa shape index (κ3) is 3.46. The van der Waals surface area contributed by atoms with Crippen LogP contribution in [0.25, 0.3) is 0 Å². The Bertz CT molecular complexity index is 401. The van der Waals surface area contributed by atoms with Crippen LogP contribution in [0.3, 0.4) is 0 Å². The second kappa shape index (κ2) is 4.99. The molecule has 1 saturated heterocycles. The number of hydrogen-bond donors (Lipinski definition) is 0. The molecule has 0 saturated carbocycles. The summed E-state index contributed by atoms with van der Waals surface area (Å²) in [6.45, 7) is 6.98. The van der Waals surface area contributed by atoms with Gasteiger partial charge in [-0.1, -0.05) is 15.9 Å². The molecule has 0 N–H and O–H groups in total. The Morgan fingerprint density at radius 2 is 2.24 bits per heavy atom. The molecule has 0 aromatic heterocycles. The SMILES string of the molecule is Cc1cc(OCC2CCC(C)(C)O2)ccc1Br. The first-order valence-corrected chi connectivity index (χ1v) is 6.82. The smallest absolute Gasteiger partial charge is 0.119 e. The molecule has 2 rings (SSSR count). The van der Waals surface area contributed by atoms with Gasteiger partial charge in [0.2, 0.25) is 0 Å². The molecule has 1 heterocycles. The standard InChI is InChI=1S/C14H19BrO2/c1-10-8-11(4-5-13(10)15)16-9-12-6-7-14(2,3)17-12/h4-5,8,12H,6-7,9H2,1-3H3. The minimum absolute atomic E-state index is 0.0175. The summed E-state index contributed by atoms with van der Waals surface area (Å²) in [5.74, 6) is 0.916. The molecule has 1 unspecified atom stereocenters. The highest BCUT2D eigenvalue weighted by Gasteiger charge is 2.31. The Kier molecular flexibility index (Phi) is 3.79. The third-order valence-electron chi connectivity index (χ3n) is 3.12. The average molecular weight is 299 g/mol. The second-order valence-corrected chi connectivity index (χ2v) is 6.11. The van der Waals surface area contributed by atoms with Crippen molar-refractivity contribution in [3.8, 4) is 5.75 Å². The maximum Gasteiger partial charge on any atom is 0.119 e. The molecule has 0 amide bonds. The average Bonchev–Trinajstić information content (AvgIpc) is 2.60. The fraction of sp³-hybridized carbons (Fsp3) is 0.571. The summed E-state index contributed by atoms with van der Waals surface area (Å²) in [6.07, 6.45) is 2.43. The van der Waals surface area contributed by atoms with Gasteiger partial charge in [0.05, 0.1) is 11.7 Å². The summed E-state index contributed by atoms with van der Waals surface area (Å²) in [6, 6.07) is 6.05. The number of halogens is 1. The summed E-state index contributed by atoms with van der Waals surface area (Å²) in [7, 11) is 0. The molecule has 2 nitrogen and oxygen atoms in total. The maximum absolute atomic E-state index is 5.89. The van der Waals surface area contributed by atoms with Gasteiger partial charge in [-0.3, -0.25) is 0 Å². The second-order valence-electron chi connectivity index (χ2n) is 5.26. The lowest BCUT2D eigenvalue weighted by Gasteiger charge is -2.19. The van der Waals surface area contributed by atoms with Crippen LogP contribution in [0.2, 0.25) is 0 Å². The minimum Gasteiger partial charge on any atom is -0.491 e. The van der Waals surface area contributed by atoms with E-state index < -0.39 is 0 Å². The molecule has 3 heteroatoms. The van der Waals surface area contributed by atoms with Crippen LogP contribution in [0.1, 0.15) is 32.3 Å². The lowest BCUT2D eigenvalue weighted by molar-refractivity contribution is -0.0326. The van der Waals surface area contributed by atoms with Gasteiger partial charge in [-0.15, -0.1) is 0 Å². The number of benzene rings is 1. The van der Waals surface area contributed by atoms with Gasteiger partial charge < -0.3 is 9.47 Å². The van der Waals surface area contributed by atoms with Crippen LogP contribution in [0.15, 0.2) is 22.7 Å². The minimum atomic E-state index is 0.0175. The number of rotatable bonds is 3. The molecule has 17 heavy (non-hydrogen) atoms. The zero-order chi connectivity index (χ0) is 12.5. The van der Waals surface area contributed by atoms with Crippen molar-refractivity contribution in [3.05, 3.63) is 28.2 Å². The van der Waals surface area contributed by atoms with Gasteiger partial charge in [-0.05, 0) is 57.4 Å². The van der Waals surface area contributed by atoms with E-state index in [1.54, 1.807) is 0 Å². The highest BCUT2D eigenvalue weighted by Crippen LogP contribution is 2.30. The molecule has 0 aliphatic carbocycles. The molecule has 0 spiro atoms. The topological polar surface area (TPSA) is 18.5 Å². The van der Waals surface area contributed by atoms with Gasteiger partial charge in [-0.2, -0.15) is 0 Å². The summed E-state index contributed by atoms with van der Waals surface area (Å²) in [5.41, 5.74) is 1.21. The molecule has 1 atom stereocenters. The van der Waals surface area contributed by atoms with Gasteiger partial charge in [0.1, 0.15) is 12.4 Å². The van der Waals surface area contributed by atoms with Gasteiger partial charge in [0, 0.05) is 4.47 Å². The van der Waals surface area contributed by atoms with Crippen molar-refractivity contribution in [2.45, 2.75) is 45.3 Å². The predicted molar refractivity (Wildman–Crippen MR) is 72.6 cm³/mol. The van der Waals surface area contributed by atoms with Gasteiger partial charge in [0.15, 0.2) is 0 Å². The van der Waals surface area contributed by atoms with E-state index in [4.69, 9.17) is 9.47 Å².